The van der Waals surface area contributed by atoms with Gasteiger partial charge in [-0.25, -0.2) is 14.4 Å². The Hall–Kier alpha value is -2.51. The maximum Gasteiger partial charge on any atom is 0.356 e. The Morgan fingerprint density at radius 3 is 1.83 bits per heavy atom. The molecule has 0 aromatic carbocycles. The molecule has 1 N–H and O–H groups in total. The predicted molar refractivity (Wildman–Crippen MR) is 82.9 cm³/mol. The molecule has 0 fully saturated rings. The van der Waals surface area contributed by atoms with Gasteiger partial charge in [0.05, 0.1) is 20.3 Å². The highest BCUT2D eigenvalue weighted by Crippen LogP contribution is 2.08. The molecule has 0 heterocycles. The first-order chi connectivity index (χ1) is 10.8. The van der Waals surface area contributed by atoms with Gasteiger partial charge >= 0.3 is 17.9 Å². The fraction of sp³-hybridized carbons (Fsp3) is 0.533. The first-order valence-corrected chi connectivity index (χ1v) is 7.07. The average Bonchev–Trinajstić information content (AvgIpc) is 2.50. The van der Waals surface area contributed by atoms with Crippen molar-refractivity contribution >= 4 is 17.9 Å². The summed E-state index contributed by atoms with van der Waals surface area (Å²) in [7, 11) is 4.71. The number of methoxy groups -OCH3 is 1. The van der Waals surface area contributed by atoms with Gasteiger partial charge in [-0.2, -0.15) is 0 Å². The maximum atomic E-state index is 11.8. The molecule has 0 aliphatic carbocycles. The van der Waals surface area contributed by atoms with E-state index in [0.29, 0.717) is 5.70 Å². The highest BCUT2D eigenvalue weighted by molar-refractivity contribution is 6.14. The van der Waals surface area contributed by atoms with Gasteiger partial charge in [0.2, 0.25) is 0 Å². The molecule has 0 saturated heterocycles. The molecule has 23 heavy (non-hydrogen) atoms. The van der Waals surface area contributed by atoms with Crippen molar-refractivity contribution < 1.29 is 28.6 Å². The van der Waals surface area contributed by atoms with Crippen LogP contribution in [0, 0.1) is 0 Å². The molecule has 0 aromatic rings. The summed E-state index contributed by atoms with van der Waals surface area (Å²) in [5.74, 6) is -2.32. The van der Waals surface area contributed by atoms with Crippen molar-refractivity contribution in [1.29, 1.82) is 0 Å². The van der Waals surface area contributed by atoms with E-state index in [0.717, 1.165) is 6.20 Å². The summed E-state index contributed by atoms with van der Waals surface area (Å²) in [6.45, 7) is 5.12. The van der Waals surface area contributed by atoms with Gasteiger partial charge in [0.25, 0.3) is 0 Å². The van der Waals surface area contributed by atoms with Gasteiger partial charge in [0.1, 0.15) is 5.70 Å². The zero-order chi connectivity index (χ0) is 18.0. The Morgan fingerprint density at radius 1 is 1.00 bits per heavy atom. The fourth-order valence-electron chi connectivity index (χ4n) is 1.40. The molecule has 0 rings (SSSR count). The van der Waals surface area contributed by atoms with E-state index >= 15 is 0 Å². The van der Waals surface area contributed by atoms with E-state index in [1.54, 1.807) is 39.8 Å². The van der Waals surface area contributed by atoms with Gasteiger partial charge in [0.15, 0.2) is 5.57 Å². The highest BCUT2D eigenvalue weighted by atomic mass is 16.6. The number of carbonyl (C=O) groups is 3. The Balaban J connectivity index is 5.61. The summed E-state index contributed by atoms with van der Waals surface area (Å²) >= 11 is 0. The molecular weight excluding hydrogens is 304 g/mol. The maximum absolute atomic E-state index is 11.8. The molecule has 0 atom stereocenters. The minimum absolute atomic E-state index is 0.0867. The molecule has 8 nitrogen and oxygen atoms in total. The molecule has 130 valence electrons. The Labute approximate surface area is 136 Å². The number of ether oxygens (including phenoxy) is 3. The minimum atomic E-state index is -0.842. The lowest BCUT2D eigenvalue weighted by Crippen LogP contribution is -2.26. The number of allylic oxidation sites excluding steroid dienone is 1. The van der Waals surface area contributed by atoms with Crippen LogP contribution in [-0.2, 0) is 28.6 Å². The number of nitrogens with zero attached hydrogens (tertiary/aromatic N) is 1. The monoisotopic (exact) mass is 328 g/mol. The third kappa shape index (κ3) is 6.41. The largest absolute Gasteiger partial charge is 0.464 e. The van der Waals surface area contributed by atoms with Crippen LogP contribution >= 0.6 is 0 Å². The molecule has 0 aliphatic heterocycles. The summed E-state index contributed by atoms with van der Waals surface area (Å²) in [5, 5.41) is 2.63. The smallest absolute Gasteiger partial charge is 0.356 e. The van der Waals surface area contributed by atoms with E-state index < -0.39 is 17.9 Å². The molecule has 8 heteroatoms. The first kappa shape index (κ1) is 20.5. The SMILES string of the molecule is CCOC(=O)C(=CN/C(C(=O)OC)=C(/C)N(C)C)C(=O)OCC. The molecular formula is C15H24N2O6. The molecule has 0 aliphatic rings. The molecule has 0 radical (unpaired) electrons. The van der Waals surface area contributed by atoms with Crippen LogP contribution in [0.2, 0.25) is 0 Å². The summed E-state index contributed by atoms with van der Waals surface area (Å²) in [6, 6.07) is 0. The molecule has 0 bridgehead atoms. The molecule has 0 saturated carbocycles. The van der Waals surface area contributed by atoms with Gasteiger partial charge in [-0.15, -0.1) is 0 Å². The highest BCUT2D eigenvalue weighted by Gasteiger charge is 2.22. The second-order valence-electron chi connectivity index (χ2n) is 4.49. The van der Waals surface area contributed by atoms with Gasteiger partial charge in [-0.05, 0) is 20.8 Å². The predicted octanol–water partition coefficient (Wildman–Crippen LogP) is 0.552. The molecule has 0 unspecified atom stereocenters. The Kier molecular flexibility index (Phi) is 9.14. The van der Waals surface area contributed by atoms with E-state index in [2.05, 4.69) is 10.1 Å². The summed E-state index contributed by atoms with van der Waals surface area (Å²) in [6.07, 6.45) is 1.08. The van der Waals surface area contributed by atoms with Crippen LogP contribution in [-0.4, -0.2) is 57.2 Å². The van der Waals surface area contributed by atoms with E-state index in [-0.39, 0.29) is 24.5 Å². The van der Waals surface area contributed by atoms with Crippen LogP contribution in [0.3, 0.4) is 0 Å². The Bertz CT molecular complexity index is 488. The average molecular weight is 328 g/mol. The number of rotatable bonds is 8. The second-order valence-corrected chi connectivity index (χ2v) is 4.49. The van der Waals surface area contributed by atoms with Gasteiger partial charge < -0.3 is 24.4 Å². The zero-order valence-corrected chi connectivity index (χ0v) is 14.4. The number of hydrogen-bond donors (Lipinski definition) is 1. The minimum Gasteiger partial charge on any atom is -0.464 e. The normalized spacial score (nSPS) is 10.9. The van der Waals surface area contributed by atoms with Gasteiger partial charge in [-0.3, -0.25) is 0 Å². The van der Waals surface area contributed by atoms with Crippen molar-refractivity contribution in [1.82, 2.24) is 10.2 Å². The second kappa shape index (κ2) is 10.3. The van der Waals surface area contributed by atoms with Crippen LogP contribution in [0.1, 0.15) is 20.8 Å². The molecule has 0 spiro atoms. The fourth-order valence-corrected chi connectivity index (χ4v) is 1.40. The molecule has 0 aromatic heterocycles. The van der Waals surface area contributed by atoms with Crippen LogP contribution in [0.25, 0.3) is 0 Å². The van der Waals surface area contributed by atoms with Gasteiger partial charge in [0, 0.05) is 26.0 Å². The number of nitrogens with one attached hydrogen (secondary N) is 1. The van der Waals surface area contributed by atoms with Crippen molar-refractivity contribution in [2.75, 3.05) is 34.4 Å². The standard InChI is InChI=1S/C15H24N2O6/c1-7-22-13(18)11(14(19)23-8-2)9-16-12(15(20)21-6)10(3)17(4)5/h9,16H,7-8H2,1-6H3/b12-10-. The number of hydrogen-bond acceptors (Lipinski definition) is 8. The van der Waals surface area contributed by atoms with Crippen molar-refractivity contribution in [3.8, 4) is 0 Å². The summed E-state index contributed by atoms with van der Waals surface area (Å²) in [4.78, 5) is 37.2. The van der Waals surface area contributed by atoms with Crippen molar-refractivity contribution in [2.45, 2.75) is 20.8 Å². The van der Waals surface area contributed by atoms with E-state index in [1.165, 1.54) is 7.11 Å². The lowest BCUT2D eigenvalue weighted by Gasteiger charge is -2.17. The third-order valence-corrected chi connectivity index (χ3v) is 2.77. The quantitative estimate of drug-likeness (QED) is 0.227. The lowest BCUT2D eigenvalue weighted by atomic mass is 10.2. The number of esters is 3. The Morgan fingerprint density at radius 2 is 1.48 bits per heavy atom. The summed E-state index contributed by atoms with van der Waals surface area (Å²) < 4.78 is 14.3. The van der Waals surface area contributed by atoms with Crippen LogP contribution in [0.4, 0.5) is 0 Å². The molecule has 0 amide bonds. The summed E-state index contributed by atoms with van der Waals surface area (Å²) in [5.41, 5.74) is 0.297. The van der Waals surface area contributed by atoms with Crippen LogP contribution < -0.4 is 5.32 Å². The van der Waals surface area contributed by atoms with E-state index in [9.17, 15) is 14.4 Å². The third-order valence-electron chi connectivity index (χ3n) is 2.77. The van der Waals surface area contributed by atoms with Gasteiger partial charge in [-0.1, -0.05) is 0 Å². The van der Waals surface area contributed by atoms with Crippen LogP contribution in [0.5, 0.6) is 0 Å². The van der Waals surface area contributed by atoms with Crippen molar-refractivity contribution in [2.24, 2.45) is 0 Å². The first-order valence-electron chi connectivity index (χ1n) is 7.07. The topological polar surface area (TPSA) is 94.2 Å². The van der Waals surface area contributed by atoms with E-state index in [1.807, 2.05) is 0 Å². The van der Waals surface area contributed by atoms with E-state index in [4.69, 9.17) is 9.47 Å². The van der Waals surface area contributed by atoms with Crippen molar-refractivity contribution in [3.05, 3.63) is 23.2 Å². The number of carbonyl (C=O) groups excluding carboxylic acids is 3. The lowest BCUT2D eigenvalue weighted by molar-refractivity contribution is -0.146. The van der Waals surface area contributed by atoms with Crippen molar-refractivity contribution in [3.63, 3.8) is 0 Å². The zero-order valence-electron chi connectivity index (χ0n) is 14.4. The van der Waals surface area contributed by atoms with Crippen LogP contribution in [0.15, 0.2) is 23.2 Å².